The molecule has 1 aliphatic heterocycles. The van der Waals surface area contributed by atoms with E-state index in [1.54, 1.807) is 0 Å². The zero-order valence-electron chi connectivity index (χ0n) is 21.9. The van der Waals surface area contributed by atoms with E-state index in [-0.39, 0.29) is 0 Å². The van der Waals surface area contributed by atoms with Crippen LogP contribution in [0, 0.1) is 0 Å². The minimum absolute atomic E-state index is 0.310. The van der Waals surface area contributed by atoms with Crippen molar-refractivity contribution >= 4 is 39.6 Å². The van der Waals surface area contributed by atoms with Crippen molar-refractivity contribution in [2.45, 2.75) is 16.1 Å². The third-order valence-corrected chi connectivity index (χ3v) is 9.59. The van der Waals surface area contributed by atoms with E-state index in [0.717, 1.165) is 5.69 Å². The van der Waals surface area contributed by atoms with Gasteiger partial charge in [0.15, 0.2) is 0 Å². The van der Waals surface area contributed by atoms with Gasteiger partial charge in [0.2, 0.25) is 0 Å². The summed E-state index contributed by atoms with van der Waals surface area (Å²) < 4.78 is 0. The second-order valence-electron chi connectivity index (χ2n) is 10.5. The summed E-state index contributed by atoms with van der Waals surface area (Å²) in [6.45, 7) is 0. The monoisotopic (exact) mass is 529 g/mol. The molecule has 0 fully saturated rings. The summed E-state index contributed by atoms with van der Waals surface area (Å²) in [7, 11) is 0. The lowest BCUT2D eigenvalue weighted by Gasteiger charge is -2.35. The number of nitrogens with zero attached hydrogens (tertiary/aromatic N) is 1. The Kier molecular flexibility index (Phi) is 5.60. The van der Waals surface area contributed by atoms with Crippen molar-refractivity contribution in [1.29, 1.82) is 0 Å². The predicted molar refractivity (Wildman–Crippen MR) is 170 cm³/mol. The van der Waals surface area contributed by atoms with Crippen LogP contribution in [0.4, 0.5) is 11.4 Å². The molecule has 2 aliphatic rings. The van der Waals surface area contributed by atoms with E-state index in [1.807, 2.05) is 11.8 Å². The van der Waals surface area contributed by atoms with Crippen molar-refractivity contribution in [3.8, 4) is 11.1 Å². The maximum atomic E-state index is 2.53. The lowest BCUT2D eigenvalue weighted by atomic mass is 9.82. The van der Waals surface area contributed by atoms with Crippen LogP contribution in [0.3, 0.4) is 0 Å². The average molecular weight is 530 g/mol. The van der Waals surface area contributed by atoms with Gasteiger partial charge in [-0.3, -0.25) is 0 Å². The Bertz CT molecular complexity index is 1870. The summed E-state index contributed by atoms with van der Waals surface area (Å²) in [5, 5.41) is 3.01. The fraction of sp³-hybridized carbons (Fsp3) is 0.0526. The fourth-order valence-corrected chi connectivity index (χ4v) is 7.78. The van der Waals surface area contributed by atoms with Crippen LogP contribution < -0.4 is 4.90 Å². The molecular weight excluding hydrogens is 502 g/mol. The molecule has 1 nitrogen and oxygen atoms in total. The van der Waals surface area contributed by atoms with Crippen LogP contribution in [-0.2, 0) is 0 Å². The molecule has 6 aromatic rings. The van der Waals surface area contributed by atoms with Gasteiger partial charge in [-0.15, -0.1) is 11.8 Å². The molecule has 0 saturated carbocycles. The summed E-state index contributed by atoms with van der Waals surface area (Å²) in [4.78, 5) is 3.84. The summed E-state index contributed by atoms with van der Waals surface area (Å²) in [6, 6.07) is 52.9. The number of fused-ring (bicyclic) bond motifs is 6. The molecule has 6 aromatic carbocycles. The highest BCUT2D eigenvalue weighted by atomic mass is 32.2. The maximum absolute atomic E-state index is 2.53. The number of benzene rings is 6. The van der Waals surface area contributed by atoms with Crippen molar-refractivity contribution in [3.05, 3.63) is 168 Å². The van der Waals surface area contributed by atoms with E-state index >= 15 is 0 Å². The molecule has 1 heterocycles. The third kappa shape index (κ3) is 3.87. The quantitative estimate of drug-likeness (QED) is 0.223. The van der Waals surface area contributed by atoms with Gasteiger partial charge >= 0.3 is 0 Å². The zero-order chi connectivity index (χ0) is 26.5. The topological polar surface area (TPSA) is 3.24 Å². The third-order valence-electron chi connectivity index (χ3n) is 8.19. The molecule has 0 bridgehead atoms. The molecule has 0 radical (unpaired) electrons. The molecular formula is C38H27NS. The molecule has 0 amide bonds. The normalized spacial score (nSPS) is 17.1. The van der Waals surface area contributed by atoms with Crippen LogP contribution in [0.1, 0.15) is 27.9 Å². The minimum atomic E-state index is 0.310. The van der Waals surface area contributed by atoms with Gasteiger partial charge in [0, 0.05) is 33.0 Å². The number of rotatable bonds is 4. The van der Waals surface area contributed by atoms with E-state index in [4.69, 9.17) is 0 Å². The van der Waals surface area contributed by atoms with Gasteiger partial charge < -0.3 is 4.90 Å². The van der Waals surface area contributed by atoms with Crippen LogP contribution >= 0.6 is 11.8 Å². The largest absolute Gasteiger partial charge is 0.310 e. The highest BCUT2D eigenvalue weighted by molar-refractivity contribution is 8.00. The van der Waals surface area contributed by atoms with Crippen molar-refractivity contribution in [3.63, 3.8) is 0 Å². The van der Waals surface area contributed by atoms with Crippen molar-refractivity contribution in [2.75, 3.05) is 4.90 Å². The highest BCUT2D eigenvalue weighted by Crippen LogP contribution is 2.60. The van der Waals surface area contributed by atoms with E-state index in [0.29, 0.717) is 11.2 Å². The molecule has 2 unspecified atom stereocenters. The average Bonchev–Trinajstić information content (AvgIpc) is 3.39. The first-order valence-corrected chi connectivity index (χ1v) is 14.7. The molecule has 40 heavy (non-hydrogen) atoms. The number of allylic oxidation sites excluding steroid dienone is 1. The Morgan fingerprint density at radius 3 is 1.88 bits per heavy atom. The van der Waals surface area contributed by atoms with E-state index in [9.17, 15) is 0 Å². The molecule has 2 atom stereocenters. The Balaban J connectivity index is 1.30. The van der Waals surface area contributed by atoms with Gasteiger partial charge in [0.1, 0.15) is 0 Å². The number of thioether (sulfide) groups is 1. The first-order chi connectivity index (χ1) is 19.8. The number of hydrogen-bond donors (Lipinski definition) is 0. The lowest BCUT2D eigenvalue weighted by Crippen LogP contribution is -2.21. The highest BCUT2D eigenvalue weighted by Gasteiger charge is 2.39. The Morgan fingerprint density at radius 2 is 1.10 bits per heavy atom. The molecule has 8 rings (SSSR count). The lowest BCUT2D eigenvalue weighted by molar-refractivity contribution is 0.811. The predicted octanol–water partition coefficient (Wildman–Crippen LogP) is 10.6. The van der Waals surface area contributed by atoms with E-state index < -0.39 is 0 Å². The summed E-state index contributed by atoms with van der Waals surface area (Å²) in [5.41, 5.74) is 10.2. The van der Waals surface area contributed by atoms with Crippen molar-refractivity contribution in [2.24, 2.45) is 0 Å². The van der Waals surface area contributed by atoms with Crippen LogP contribution in [0.2, 0.25) is 0 Å². The van der Waals surface area contributed by atoms with Crippen LogP contribution in [0.5, 0.6) is 0 Å². The Labute approximate surface area is 239 Å². The number of hydrogen-bond acceptors (Lipinski definition) is 2. The van der Waals surface area contributed by atoms with Gasteiger partial charge in [-0.05, 0) is 69.4 Å². The Hall–Kier alpha value is -4.53. The second kappa shape index (κ2) is 9.59. The Morgan fingerprint density at radius 1 is 0.500 bits per heavy atom. The van der Waals surface area contributed by atoms with Crippen LogP contribution in [0.15, 0.2) is 157 Å². The first kappa shape index (κ1) is 23.4. The molecule has 0 saturated heterocycles. The summed E-state index contributed by atoms with van der Waals surface area (Å²) >= 11 is 2.02. The SMILES string of the molecule is C1=C(N(c2ccccc2)c2ccc(-c3ccccc3)cc2)c2ccccc2C2Sc3cc4ccccc4cc3C12. The van der Waals surface area contributed by atoms with Gasteiger partial charge in [-0.25, -0.2) is 0 Å². The van der Waals surface area contributed by atoms with Gasteiger partial charge in [-0.1, -0.05) is 115 Å². The molecule has 0 aromatic heterocycles. The second-order valence-corrected chi connectivity index (χ2v) is 11.7. The summed E-state index contributed by atoms with van der Waals surface area (Å²) in [6.07, 6.45) is 2.53. The van der Waals surface area contributed by atoms with Crippen molar-refractivity contribution in [1.82, 2.24) is 0 Å². The molecule has 2 heteroatoms. The molecule has 1 aliphatic carbocycles. The zero-order valence-corrected chi connectivity index (χ0v) is 22.8. The number of anilines is 2. The fourth-order valence-electron chi connectivity index (χ4n) is 6.28. The van der Waals surface area contributed by atoms with E-state index in [2.05, 4.69) is 157 Å². The molecule has 0 spiro atoms. The summed E-state index contributed by atoms with van der Waals surface area (Å²) in [5.74, 6) is 0.310. The molecule has 0 N–H and O–H groups in total. The van der Waals surface area contributed by atoms with Crippen LogP contribution in [0.25, 0.3) is 27.6 Å². The van der Waals surface area contributed by atoms with Gasteiger partial charge in [0.05, 0.1) is 5.70 Å². The van der Waals surface area contributed by atoms with E-state index in [1.165, 1.54) is 54.9 Å². The smallest absolute Gasteiger partial charge is 0.0504 e. The molecule has 190 valence electrons. The maximum Gasteiger partial charge on any atom is 0.0504 e. The number of para-hydroxylation sites is 1. The van der Waals surface area contributed by atoms with Gasteiger partial charge in [-0.2, -0.15) is 0 Å². The first-order valence-electron chi connectivity index (χ1n) is 13.8. The standard InChI is InChI=1S/C38H27NS/c1-3-11-26(12-4-1)27-19-21-31(22-20-27)39(30-15-5-2-6-16-30)36-25-35-34-23-28-13-7-8-14-29(28)24-37(34)40-38(35)33-18-10-9-17-32(33)36/h1-25,35,38H. The van der Waals surface area contributed by atoms with Crippen molar-refractivity contribution < 1.29 is 0 Å². The minimum Gasteiger partial charge on any atom is -0.310 e. The van der Waals surface area contributed by atoms with Gasteiger partial charge in [0.25, 0.3) is 0 Å². The van der Waals surface area contributed by atoms with Crippen LogP contribution in [-0.4, -0.2) is 0 Å².